The molecule has 93 valence electrons. The first-order valence-corrected chi connectivity index (χ1v) is 6.32. The first-order valence-electron chi connectivity index (χ1n) is 4.84. The Hall–Kier alpha value is -1.08. The maximum atomic E-state index is 12.3. The fourth-order valence-electron chi connectivity index (χ4n) is 1.24. The highest BCUT2D eigenvalue weighted by Crippen LogP contribution is 2.32. The highest BCUT2D eigenvalue weighted by Gasteiger charge is 2.32. The van der Waals surface area contributed by atoms with E-state index < -0.39 is 21.8 Å². The van der Waals surface area contributed by atoms with Gasteiger partial charge in [-0.1, -0.05) is 0 Å². The van der Waals surface area contributed by atoms with Crippen molar-refractivity contribution in [2.45, 2.75) is 23.9 Å². The predicted octanol–water partition coefficient (Wildman–Crippen LogP) is 2.31. The number of halogens is 3. The van der Waals surface area contributed by atoms with E-state index in [1.807, 2.05) is 0 Å². The van der Waals surface area contributed by atoms with Crippen molar-refractivity contribution < 1.29 is 21.6 Å². The SMILES string of the molecule is O=S(=O)(N[C]1CC1)c1ccc(C(F)(F)F)cc1. The van der Waals surface area contributed by atoms with E-state index >= 15 is 0 Å². The lowest BCUT2D eigenvalue weighted by Gasteiger charge is -2.08. The van der Waals surface area contributed by atoms with Crippen LogP contribution in [-0.2, 0) is 16.2 Å². The number of hydrogen-bond acceptors (Lipinski definition) is 2. The van der Waals surface area contributed by atoms with E-state index in [0.29, 0.717) is 18.9 Å². The van der Waals surface area contributed by atoms with Crippen LogP contribution in [0.5, 0.6) is 0 Å². The van der Waals surface area contributed by atoms with Gasteiger partial charge < -0.3 is 0 Å². The minimum atomic E-state index is -4.46. The van der Waals surface area contributed by atoms with Gasteiger partial charge in [0.25, 0.3) is 0 Å². The normalized spacial score (nSPS) is 17.1. The van der Waals surface area contributed by atoms with Gasteiger partial charge in [-0.3, -0.25) is 0 Å². The van der Waals surface area contributed by atoms with E-state index in [9.17, 15) is 21.6 Å². The third kappa shape index (κ3) is 2.98. The predicted molar refractivity (Wildman–Crippen MR) is 54.2 cm³/mol. The molecule has 1 aliphatic carbocycles. The molecule has 1 aromatic rings. The van der Waals surface area contributed by atoms with Crippen molar-refractivity contribution in [1.82, 2.24) is 4.72 Å². The quantitative estimate of drug-likeness (QED) is 0.910. The summed E-state index contributed by atoms with van der Waals surface area (Å²) in [5.74, 6) is 0. The lowest BCUT2D eigenvalue weighted by Crippen LogP contribution is -2.21. The Labute approximate surface area is 96.7 Å². The van der Waals surface area contributed by atoms with Crippen LogP contribution in [0.15, 0.2) is 29.2 Å². The number of benzene rings is 1. The van der Waals surface area contributed by atoms with Gasteiger partial charge in [-0.2, -0.15) is 13.2 Å². The summed E-state index contributed by atoms with van der Waals surface area (Å²) in [6.07, 6.45) is -3.07. The zero-order chi connectivity index (χ0) is 12.7. The lowest BCUT2D eigenvalue weighted by atomic mass is 10.2. The monoisotopic (exact) mass is 264 g/mol. The molecule has 0 unspecified atom stereocenters. The molecule has 3 nitrogen and oxygen atoms in total. The van der Waals surface area contributed by atoms with E-state index in [0.717, 1.165) is 24.3 Å². The molecular formula is C10H9F3NO2S. The van der Waals surface area contributed by atoms with Crippen LogP contribution in [0.25, 0.3) is 0 Å². The van der Waals surface area contributed by atoms with Gasteiger partial charge in [0.1, 0.15) is 0 Å². The Morgan fingerprint density at radius 2 is 1.59 bits per heavy atom. The Bertz CT molecular complexity index is 503. The zero-order valence-electron chi connectivity index (χ0n) is 8.58. The largest absolute Gasteiger partial charge is 0.416 e. The smallest absolute Gasteiger partial charge is 0.207 e. The topological polar surface area (TPSA) is 46.2 Å². The van der Waals surface area contributed by atoms with Crippen molar-refractivity contribution in [1.29, 1.82) is 0 Å². The second kappa shape index (κ2) is 3.99. The Kier molecular flexibility index (Phi) is 2.90. The van der Waals surface area contributed by atoms with Crippen molar-refractivity contribution in [2.24, 2.45) is 0 Å². The Morgan fingerprint density at radius 1 is 1.06 bits per heavy atom. The van der Waals surface area contributed by atoms with Crippen LogP contribution in [0, 0.1) is 6.04 Å². The van der Waals surface area contributed by atoms with Gasteiger partial charge in [0.2, 0.25) is 10.0 Å². The third-order valence-electron chi connectivity index (χ3n) is 2.27. The molecule has 0 bridgehead atoms. The first-order chi connectivity index (χ1) is 7.79. The van der Waals surface area contributed by atoms with E-state index in [-0.39, 0.29) is 4.90 Å². The average Bonchev–Trinajstić information content (AvgIpc) is 3.00. The molecular weight excluding hydrogens is 255 g/mol. The summed E-state index contributed by atoms with van der Waals surface area (Å²) in [5, 5.41) is 0. The molecule has 1 saturated carbocycles. The number of sulfonamides is 1. The van der Waals surface area contributed by atoms with Gasteiger partial charge in [-0.05, 0) is 37.1 Å². The minimum absolute atomic E-state index is 0.162. The van der Waals surface area contributed by atoms with Crippen molar-refractivity contribution in [3.8, 4) is 0 Å². The Balaban J connectivity index is 2.22. The van der Waals surface area contributed by atoms with Crippen LogP contribution in [0.3, 0.4) is 0 Å². The number of hydrogen-bond donors (Lipinski definition) is 1. The van der Waals surface area contributed by atoms with Gasteiger partial charge >= 0.3 is 6.18 Å². The summed E-state index contributed by atoms with van der Waals surface area (Å²) in [7, 11) is -3.71. The number of rotatable bonds is 3. The standard InChI is InChI=1S/C10H9F3NO2S/c11-10(12,13)7-1-5-9(6-2-7)17(15,16)14-8-3-4-8/h1-2,5-6,14H,3-4H2. The molecule has 1 aromatic carbocycles. The summed E-state index contributed by atoms with van der Waals surface area (Å²) >= 11 is 0. The molecule has 1 aliphatic rings. The van der Waals surface area contributed by atoms with Gasteiger partial charge in [-0.25, -0.2) is 13.1 Å². The molecule has 0 spiro atoms. The Morgan fingerprint density at radius 3 is 2.00 bits per heavy atom. The molecule has 0 saturated heterocycles. The van der Waals surface area contributed by atoms with Crippen molar-refractivity contribution >= 4 is 10.0 Å². The molecule has 7 heteroatoms. The van der Waals surface area contributed by atoms with E-state index in [4.69, 9.17) is 0 Å². The van der Waals surface area contributed by atoms with Crippen molar-refractivity contribution in [3.63, 3.8) is 0 Å². The maximum absolute atomic E-state index is 12.3. The minimum Gasteiger partial charge on any atom is -0.207 e. The van der Waals surface area contributed by atoms with Gasteiger partial charge in [0.15, 0.2) is 0 Å². The van der Waals surface area contributed by atoms with Gasteiger partial charge in [-0.15, -0.1) is 0 Å². The first kappa shape index (κ1) is 12.4. The van der Waals surface area contributed by atoms with Crippen LogP contribution in [0.2, 0.25) is 0 Å². The molecule has 0 amide bonds. The molecule has 1 radical (unpaired) electrons. The molecule has 0 atom stereocenters. The van der Waals surface area contributed by atoms with Crippen LogP contribution in [-0.4, -0.2) is 8.42 Å². The fraction of sp³-hybridized carbons (Fsp3) is 0.300. The molecule has 0 aliphatic heterocycles. The summed E-state index contributed by atoms with van der Waals surface area (Å²) in [4.78, 5) is -0.162. The lowest BCUT2D eigenvalue weighted by molar-refractivity contribution is -0.137. The fourth-order valence-corrected chi connectivity index (χ4v) is 2.43. The van der Waals surface area contributed by atoms with E-state index in [2.05, 4.69) is 4.72 Å². The van der Waals surface area contributed by atoms with Crippen LogP contribution in [0.4, 0.5) is 13.2 Å². The van der Waals surface area contributed by atoms with Crippen LogP contribution in [0.1, 0.15) is 18.4 Å². The summed E-state index contributed by atoms with van der Waals surface area (Å²) in [6.45, 7) is 0. The highest BCUT2D eigenvalue weighted by atomic mass is 32.2. The second-order valence-electron chi connectivity index (χ2n) is 3.73. The number of alkyl halides is 3. The molecule has 2 rings (SSSR count). The van der Waals surface area contributed by atoms with Crippen LogP contribution >= 0.6 is 0 Å². The average molecular weight is 264 g/mol. The summed E-state index contributed by atoms with van der Waals surface area (Å²) < 4.78 is 62.4. The molecule has 0 heterocycles. The summed E-state index contributed by atoms with van der Waals surface area (Å²) in [5.41, 5.74) is -0.865. The van der Waals surface area contributed by atoms with Gasteiger partial charge in [0.05, 0.1) is 16.5 Å². The molecule has 1 N–H and O–H groups in total. The zero-order valence-corrected chi connectivity index (χ0v) is 9.40. The van der Waals surface area contributed by atoms with E-state index in [1.54, 1.807) is 0 Å². The van der Waals surface area contributed by atoms with Crippen molar-refractivity contribution in [3.05, 3.63) is 35.9 Å². The molecule has 0 aromatic heterocycles. The second-order valence-corrected chi connectivity index (χ2v) is 5.41. The number of nitrogens with one attached hydrogen (secondary N) is 1. The highest BCUT2D eigenvalue weighted by molar-refractivity contribution is 7.89. The molecule has 17 heavy (non-hydrogen) atoms. The van der Waals surface area contributed by atoms with E-state index in [1.165, 1.54) is 0 Å². The summed E-state index contributed by atoms with van der Waals surface area (Å²) in [6, 6.07) is 4.10. The van der Waals surface area contributed by atoms with Crippen LogP contribution < -0.4 is 4.72 Å². The maximum Gasteiger partial charge on any atom is 0.416 e. The van der Waals surface area contributed by atoms with Crippen molar-refractivity contribution in [2.75, 3.05) is 0 Å². The molecule has 1 fully saturated rings. The van der Waals surface area contributed by atoms with Gasteiger partial charge in [0, 0.05) is 0 Å². The third-order valence-corrected chi connectivity index (χ3v) is 3.72.